The number of esters is 1. The molecule has 7 heteroatoms. The van der Waals surface area contributed by atoms with Crippen LogP contribution in [0, 0.1) is 0 Å². The van der Waals surface area contributed by atoms with E-state index in [1.807, 2.05) is 5.38 Å². The zero-order valence-electron chi connectivity index (χ0n) is 12.8. The Morgan fingerprint density at radius 1 is 1.32 bits per heavy atom. The van der Waals surface area contributed by atoms with Gasteiger partial charge in [-0.3, -0.25) is 9.59 Å². The van der Waals surface area contributed by atoms with Crippen molar-refractivity contribution in [3.8, 4) is 0 Å². The third kappa shape index (κ3) is 3.85. The molecule has 1 aliphatic rings. The first-order chi connectivity index (χ1) is 10.5. The molecule has 0 saturated carbocycles. The maximum absolute atomic E-state index is 12.1. The largest absolute Gasteiger partial charge is 0.452 e. The summed E-state index contributed by atoms with van der Waals surface area (Å²) in [5, 5.41) is 4.25. The Bertz CT molecular complexity index is 582. The summed E-state index contributed by atoms with van der Waals surface area (Å²) in [6, 6.07) is 0. The minimum atomic E-state index is -0.457. The predicted molar refractivity (Wildman–Crippen MR) is 82.9 cm³/mol. The molecule has 1 heterocycles. The number of likely N-dealkylation sites (N-methyl/N-ethyl adjacent to an activating group) is 2. The van der Waals surface area contributed by atoms with E-state index in [1.165, 1.54) is 23.9 Å². The van der Waals surface area contributed by atoms with Crippen molar-refractivity contribution in [2.75, 3.05) is 27.2 Å². The first-order valence-corrected chi connectivity index (χ1v) is 8.11. The second kappa shape index (κ2) is 7.40. The van der Waals surface area contributed by atoms with Gasteiger partial charge in [-0.25, -0.2) is 4.79 Å². The minimum Gasteiger partial charge on any atom is -0.452 e. The van der Waals surface area contributed by atoms with E-state index in [1.54, 1.807) is 11.3 Å². The Labute approximate surface area is 133 Å². The lowest BCUT2D eigenvalue weighted by atomic mass is 9.96. The molecule has 0 fully saturated rings. The number of fused-ring (bicyclic) bond motifs is 1. The molecule has 1 aromatic rings. The van der Waals surface area contributed by atoms with Gasteiger partial charge in [0.2, 0.25) is 5.91 Å². The molecule has 1 aliphatic carbocycles. The molecule has 0 aromatic carbocycles. The summed E-state index contributed by atoms with van der Waals surface area (Å²) >= 11 is 1.58. The maximum Gasteiger partial charge on any atom is 0.339 e. The first kappa shape index (κ1) is 16.5. The average Bonchev–Trinajstić information content (AvgIpc) is 2.96. The highest BCUT2D eigenvalue weighted by Gasteiger charge is 2.22. The number of carbonyl (C=O) groups is 3. The number of ether oxygens (including phenoxy) is 1. The molecule has 0 bridgehead atoms. The summed E-state index contributed by atoms with van der Waals surface area (Å²) in [6.45, 7) is -0.405. The van der Waals surface area contributed by atoms with E-state index in [2.05, 4.69) is 5.32 Å². The molecule has 0 aliphatic heterocycles. The number of thiophene rings is 1. The number of amides is 2. The Kier molecular flexibility index (Phi) is 5.54. The van der Waals surface area contributed by atoms with Crippen molar-refractivity contribution in [3.05, 3.63) is 21.4 Å². The predicted octanol–water partition coefficient (Wildman–Crippen LogP) is 0.988. The molecule has 2 rings (SSSR count). The van der Waals surface area contributed by atoms with Gasteiger partial charge < -0.3 is 15.0 Å². The molecule has 0 atom stereocenters. The quantitative estimate of drug-likeness (QED) is 0.820. The highest BCUT2D eigenvalue weighted by atomic mass is 32.1. The average molecular weight is 324 g/mol. The summed E-state index contributed by atoms with van der Waals surface area (Å²) in [5.74, 6) is -1.13. The van der Waals surface area contributed by atoms with Gasteiger partial charge in [-0.05, 0) is 31.2 Å². The maximum atomic E-state index is 12.1. The fourth-order valence-corrected chi connectivity index (χ4v) is 3.48. The molecule has 0 unspecified atom stereocenters. The summed E-state index contributed by atoms with van der Waals surface area (Å²) in [4.78, 5) is 37.6. The molecule has 0 spiro atoms. The third-order valence-electron chi connectivity index (χ3n) is 3.69. The molecule has 0 saturated heterocycles. The number of hydrogen-bond donors (Lipinski definition) is 1. The number of aryl methyl sites for hydroxylation is 1. The molecule has 22 heavy (non-hydrogen) atoms. The van der Waals surface area contributed by atoms with Crippen molar-refractivity contribution in [3.63, 3.8) is 0 Å². The van der Waals surface area contributed by atoms with E-state index in [9.17, 15) is 14.4 Å². The topological polar surface area (TPSA) is 75.7 Å². The molecule has 1 aromatic heterocycles. The Balaban J connectivity index is 1.89. The van der Waals surface area contributed by atoms with E-state index in [-0.39, 0.29) is 19.1 Å². The Morgan fingerprint density at radius 2 is 2.05 bits per heavy atom. The van der Waals surface area contributed by atoms with E-state index in [0.29, 0.717) is 5.56 Å². The fraction of sp³-hybridized carbons (Fsp3) is 0.533. The highest BCUT2D eigenvalue weighted by Crippen LogP contribution is 2.30. The minimum absolute atomic E-state index is 0.0548. The van der Waals surface area contributed by atoms with Gasteiger partial charge in [0.05, 0.1) is 12.1 Å². The van der Waals surface area contributed by atoms with Gasteiger partial charge in [0.15, 0.2) is 6.61 Å². The zero-order chi connectivity index (χ0) is 16.1. The van der Waals surface area contributed by atoms with Crippen LogP contribution < -0.4 is 5.32 Å². The van der Waals surface area contributed by atoms with E-state index in [4.69, 9.17) is 4.74 Å². The van der Waals surface area contributed by atoms with Crippen LogP contribution in [0.25, 0.3) is 0 Å². The van der Waals surface area contributed by atoms with Crippen LogP contribution in [0.3, 0.4) is 0 Å². The van der Waals surface area contributed by atoms with Crippen LogP contribution in [0.5, 0.6) is 0 Å². The monoisotopic (exact) mass is 324 g/mol. The lowest BCUT2D eigenvalue weighted by molar-refractivity contribution is -0.137. The van der Waals surface area contributed by atoms with E-state index in [0.717, 1.165) is 31.2 Å². The number of nitrogens with one attached hydrogen (secondary N) is 1. The normalized spacial score (nSPS) is 13.2. The number of hydrogen-bond acceptors (Lipinski definition) is 5. The van der Waals surface area contributed by atoms with Crippen LogP contribution in [0.2, 0.25) is 0 Å². The van der Waals surface area contributed by atoms with Crippen LogP contribution in [-0.2, 0) is 27.2 Å². The second-order valence-electron chi connectivity index (χ2n) is 5.26. The molecule has 1 N–H and O–H groups in total. The van der Waals surface area contributed by atoms with Crippen LogP contribution in [0.15, 0.2) is 5.38 Å². The number of nitrogens with zero attached hydrogens (tertiary/aromatic N) is 1. The standard InChI is InChI=1S/C15H20N2O4S/c1-16-13(18)7-17(2)14(19)8-21-15(20)11-9-22-12-6-4-3-5-10(11)12/h9H,3-8H2,1-2H3,(H,16,18). The Morgan fingerprint density at radius 3 is 2.77 bits per heavy atom. The fourth-order valence-electron chi connectivity index (χ4n) is 2.36. The smallest absolute Gasteiger partial charge is 0.339 e. The van der Waals surface area contributed by atoms with Crippen LogP contribution >= 0.6 is 11.3 Å². The van der Waals surface area contributed by atoms with Gasteiger partial charge in [0.25, 0.3) is 5.91 Å². The van der Waals surface area contributed by atoms with Crippen molar-refractivity contribution in [1.29, 1.82) is 0 Å². The highest BCUT2D eigenvalue weighted by molar-refractivity contribution is 7.10. The van der Waals surface area contributed by atoms with Crippen molar-refractivity contribution in [2.45, 2.75) is 25.7 Å². The van der Waals surface area contributed by atoms with Gasteiger partial charge in [0, 0.05) is 24.4 Å². The summed E-state index contributed by atoms with van der Waals surface area (Å²) < 4.78 is 5.10. The lowest BCUT2D eigenvalue weighted by Gasteiger charge is -2.16. The van der Waals surface area contributed by atoms with Gasteiger partial charge in [-0.15, -0.1) is 11.3 Å². The summed E-state index contributed by atoms with van der Waals surface area (Å²) in [6.07, 6.45) is 4.15. The van der Waals surface area contributed by atoms with Crippen LogP contribution in [0.1, 0.15) is 33.6 Å². The van der Waals surface area contributed by atoms with Crippen molar-refractivity contribution in [1.82, 2.24) is 10.2 Å². The molecular formula is C15H20N2O4S. The molecule has 2 amide bonds. The van der Waals surface area contributed by atoms with Crippen molar-refractivity contribution in [2.24, 2.45) is 0 Å². The Hall–Kier alpha value is -1.89. The summed E-state index contributed by atoms with van der Waals surface area (Å²) in [5.41, 5.74) is 1.66. The van der Waals surface area contributed by atoms with E-state index >= 15 is 0 Å². The van der Waals surface area contributed by atoms with Gasteiger partial charge in [-0.2, -0.15) is 0 Å². The number of rotatable bonds is 5. The SMILES string of the molecule is CNC(=O)CN(C)C(=O)COC(=O)c1csc2c1CCCC2. The molecule has 6 nitrogen and oxygen atoms in total. The third-order valence-corrected chi connectivity index (χ3v) is 4.78. The van der Waals surface area contributed by atoms with Crippen molar-refractivity contribution >= 4 is 29.1 Å². The first-order valence-electron chi connectivity index (χ1n) is 7.23. The van der Waals surface area contributed by atoms with Crippen molar-refractivity contribution < 1.29 is 19.1 Å². The molecule has 120 valence electrons. The van der Waals surface area contributed by atoms with Gasteiger partial charge >= 0.3 is 5.97 Å². The van der Waals surface area contributed by atoms with E-state index < -0.39 is 11.9 Å². The summed E-state index contributed by atoms with van der Waals surface area (Å²) in [7, 11) is 3.00. The lowest BCUT2D eigenvalue weighted by Crippen LogP contribution is -2.39. The van der Waals surface area contributed by atoms with Crippen LogP contribution in [-0.4, -0.2) is 49.9 Å². The van der Waals surface area contributed by atoms with Gasteiger partial charge in [0.1, 0.15) is 0 Å². The second-order valence-corrected chi connectivity index (χ2v) is 6.22. The van der Waals surface area contributed by atoms with Crippen LogP contribution in [0.4, 0.5) is 0 Å². The molecular weight excluding hydrogens is 304 g/mol. The number of carbonyl (C=O) groups excluding carboxylic acids is 3. The van der Waals surface area contributed by atoms with Gasteiger partial charge in [-0.1, -0.05) is 0 Å². The zero-order valence-corrected chi connectivity index (χ0v) is 13.6. The molecule has 0 radical (unpaired) electrons.